The summed E-state index contributed by atoms with van der Waals surface area (Å²) in [6.45, 7) is 2.02. The molecule has 8 N–H and O–H groups in total. The number of ketones is 2. The molecule has 170 valence electrons. The lowest BCUT2D eigenvalue weighted by atomic mass is 9.59. The molecule has 3 aliphatic rings. The van der Waals surface area contributed by atoms with Crippen LogP contribution < -0.4 is 11.5 Å². The predicted molar refractivity (Wildman–Crippen MR) is 113 cm³/mol. The fourth-order valence-corrected chi connectivity index (χ4v) is 5.48. The van der Waals surface area contributed by atoms with Crippen molar-refractivity contribution in [2.75, 3.05) is 0 Å². The third-order valence-corrected chi connectivity index (χ3v) is 6.97. The molecule has 32 heavy (non-hydrogen) atoms. The summed E-state index contributed by atoms with van der Waals surface area (Å²) in [4.78, 5) is 37.5. The molecule has 0 bridgehead atoms. The molecule has 3 atom stereocenters. The van der Waals surface area contributed by atoms with Crippen molar-refractivity contribution in [1.29, 1.82) is 0 Å². The molecule has 4 rings (SSSR count). The van der Waals surface area contributed by atoms with Crippen molar-refractivity contribution in [3.05, 3.63) is 45.2 Å². The van der Waals surface area contributed by atoms with E-state index in [1.54, 1.807) is 6.07 Å². The van der Waals surface area contributed by atoms with Crippen LogP contribution in [-0.4, -0.2) is 43.5 Å². The molecule has 0 heterocycles. The van der Waals surface area contributed by atoms with E-state index in [0.29, 0.717) is 24.0 Å². The molecule has 0 aromatic heterocycles. The Labute approximate surface area is 184 Å². The number of amides is 1. The topological polar surface area (TPSA) is 184 Å². The molecule has 1 aromatic rings. The van der Waals surface area contributed by atoms with Crippen LogP contribution in [0.2, 0.25) is 0 Å². The second-order valence-corrected chi connectivity index (χ2v) is 8.76. The van der Waals surface area contributed by atoms with Gasteiger partial charge in [-0.05, 0) is 36.3 Å². The van der Waals surface area contributed by atoms with Gasteiger partial charge in [0.2, 0.25) is 5.78 Å². The Morgan fingerprint density at radius 1 is 1.19 bits per heavy atom. The smallest absolute Gasteiger partial charge is 0.255 e. The molecule has 1 fully saturated rings. The maximum absolute atomic E-state index is 13.5. The molecule has 9 heteroatoms. The van der Waals surface area contributed by atoms with Gasteiger partial charge in [-0.1, -0.05) is 19.4 Å². The highest BCUT2D eigenvalue weighted by atomic mass is 16.3. The molecular formula is C23H26N2O7. The van der Waals surface area contributed by atoms with Gasteiger partial charge in [0.25, 0.3) is 5.91 Å². The van der Waals surface area contributed by atoms with E-state index in [2.05, 4.69) is 0 Å². The number of aliphatic hydroxyl groups is 3. The highest BCUT2D eigenvalue weighted by Crippen LogP contribution is 2.52. The number of aromatic hydroxyl groups is 1. The van der Waals surface area contributed by atoms with Crippen LogP contribution in [0.5, 0.6) is 5.75 Å². The summed E-state index contributed by atoms with van der Waals surface area (Å²) in [6.07, 6.45) is 1.58. The number of nitrogens with two attached hydrogens (primary N) is 2. The molecule has 9 nitrogen and oxygen atoms in total. The molecule has 1 saturated carbocycles. The standard InChI is InChI=1S/C23H26N2O7/c1-2-3-9-4-11(8-24)18(27)16-13(9)6-10-5-12-7-14(26)17(22(25)31)21(30)23(12,32)20(29)15(10)19(16)28/h4,10,12,27-28,30,32H,2-3,5-8,24H2,1H3,(H2,25,31). The Balaban J connectivity index is 1.95. The lowest BCUT2D eigenvalue weighted by Crippen LogP contribution is -2.58. The van der Waals surface area contributed by atoms with E-state index in [0.717, 1.165) is 12.0 Å². The minimum atomic E-state index is -2.55. The van der Waals surface area contributed by atoms with Crippen molar-refractivity contribution in [3.63, 3.8) is 0 Å². The van der Waals surface area contributed by atoms with Crippen LogP contribution in [0, 0.1) is 11.8 Å². The van der Waals surface area contributed by atoms with Crippen LogP contribution in [0.4, 0.5) is 0 Å². The van der Waals surface area contributed by atoms with Gasteiger partial charge < -0.3 is 31.9 Å². The fraction of sp³-hybridized carbons (Fsp3) is 0.435. The Morgan fingerprint density at radius 2 is 1.88 bits per heavy atom. The van der Waals surface area contributed by atoms with Crippen LogP contribution in [0.25, 0.3) is 5.76 Å². The number of phenolic OH excluding ortho intramolecular Hbond substituents is 1. The molecule has 0 spiro atoms. The van der Waals surface area contributed by atoms with Gasteiger partial charge >= 0.3 is 0 Å². The number of primary amides is 1. The van der Waals surface area contributed by atoms with Crippen molar-refractivity contribution in [2.24, 2.45) is 23.3 Å². The normalized spacial score (nSPS) is 27.2. The summed E-state index contributed by atoms with van der Waals surface area (Å²) in [5.74, 6) is -6.27. The average molecular weight is 442 g/mol. The maximum atomic E-state index is 13.5. The molecule has 3 unspecified atom stereocenters. The molecule has 3 aliphatic carbocycles. The first-order valence-corrected chi connectivity index (χ1v) is 10.6. The number of carbonyl (C=O) groups is 3. The summed E-state index contributed by atoms with van der Waals surface area (Å²) >= 11 is 0. The van der Waals surface area contributed by atoms with E-state index < -0.39 is 52.0 Å². The lowest BCUT2D eigenvalue weighted by Gasteiger charge is -2.46. The Morgan fingerprint density at radius 3 is 2.47 bits per heavy atom. The van der Waals surface area contributed by atoms with Gasteiger partial charge in [-0.15, -0.1) is 0 Å². The summed E-state index contributed by atoms with van der Waals surface area (Å²) in [6, 6.07) is 1.80. The first-order valence-electron chi connectivity index (χ1n) is 10.6. The summed E-state index contributed by atoms with van der Waals surface area (Å²) in [7, 11) is 0. The highest BCUT2D eigenvalue weighted by molar-refractivity contribution is 6.22. The number of rotatable bonds is 4. The number of hydrogen-bond acceptors (Lipinski definition) is 8. The largest absolute Gasteiger partial charge is 0.508 e. The number of hydrogen-bond donors (Lipinski definition) is 6. The molecule has 1 aromatic carbocycles. The van der Waals surface area contributed by atoms with E-state index in [1.165, 1.54) is 0 Å². The van der Waals surface area contributed by atoms with Crippen LogP contribution in [-0.2, 0) is 33.8 Å². The molecular weight excluding hydrogens is 416 g/mol. The Hall–Kier alpha value is -3.17. The monoisotopic (exact) mass is 442 g/mol. The van der Waals surface area contributed by atoms with Gasteiger partial charge in [0.15, 0.2) is 11.4 Å². The Bertz CT molecular complexity index is 1130. The van der Waals surface area contributed by atoms with Crippen molar-refractivity contribution in [2.45, 2.75) is 51.2 Å². The fourth-order valence-electron chi connectivity index (χ4n) is 5.48. The summed E-state index contributed by atoms with van der Waals surface area (Å²) < 4.78 is 0. The minimum Gasteiger partial charge on any atom is -0.508 e. The van der Waals surface area contributed by atoms with E-state index >= 15 is 0 Å². The van der Waals surface area contributed by atoms with Crippen molar-refractivity contribution in [3.8, 4) is 5.75 Å². The van der Waals surface area contributed by atoms with Crippen LogP contribution >= 0.6 is 0 Å². The minimum absolute atomic E-state index is 0.0233. The highest BCUT2D eigenvalue weighted by Gasteiger charge is 2.60. The van der Waals surface area contributed by atoms with Crippen molar-refractivity contribution >= 4 is 23.2 Å². The zero-order valence-electron chi connectivity index (χ0n) is 17.6. The van der Waals surface area contributed by atoms with Gasteiger partial charge in [0.1, 0.15) is 22.8 Å². The number of aliphatic hydroxyl groups excluding tert-OH is 2. The van der Waals surface area contributed by atoms with E-state index in [1.807, 2.05) is 6.92 Å². The van der Waals surface area contributed by atoms with Crippen LogP contribution in [0.1, 0.15) is 48.4 Å². The predicted octanol–water partition coefficient (Wildman–Crippen LogP) is 0.835. The Kier molecular flexibility index (Phi) is 5.14. The van der Waals surface area contributed by atoms with Crippen LogP contribution in [0.3, 0.4) is 0 Å². The second kappa shape index (κ2) is 7.46. The molecule has 0 aliphatic heterocycles. The zero-order chi connectivity index (χ0) is 23.5. The molecule has 0 radical (unpaired) electrons. The second-order valence-electron chi connectivity index (χ2n) is 8.76. The van der Waals surface area contributed by atoms with Gasteiger partial charge in [0, 0.05) is 30.0 Å². The number of benzene rings is 1. The van der Waals surface area contributed by atoms with Gasteiger partial charge in [-0.2, -0.15) is 0 Å². The van der Waals surface area contributed by atoms with Crippen LogP contribution in [0.15, 0.2) is 23.0 Å². The lowest BCUT2D eigenvalue weighted by molar-refractivity contribution is -0.147. The van der Waals surface area contributed by atoms with E-state index in [-0.39, 0.29) is 36.3 Å². The number of phenols is 1. The number of aryl methyl sites for hydroxylation is 1. The number of Topliss-reactive ketones (excluding diaryl/α,β-unsaturated/α-hetero) is 2. The average Bonchev–Trinajstić information content (AvgIpc) is 2.72. The molecule has 0 saturated heterocycles. The molecule has 1 amide bonds. The van der Waals surface area contributed by atoms with E-state index in [9.17, 15) is 34.8 Å². The SMILES string of the molecule is CCCc1cc(CN)c(O)c2c1CC1CC3CC(=O)C(C(N)=O)=C(O)C3(O)C(=O)C1=C2O. The first kappa shape index (κ1) is 22.0. The van der Waals surface area contributed by atoms with Gasteiger partial charge in [0.05, 0.1) is 5.56 Å². The van der Waals surface area contributed by atoms with Gasteiger partial charge in [-0.3, -0.25) is 14.4 Å². The quantitative estimate of drug-likeness (QED) is 0.370. The van der Waals surface area contributed by atoms with Crippen molar-refractivity contribution in [1.82, 2.24) is 0 Å². The first-order chi connectivity index (χ1) is 15.1. The third kappa shape index (κ3) is 2.81. The maximum Gasteiger partial charge on any atom is 0.255 e. The number of fused-ring (bicyclic) bond motifs is 3. The van der Waals surface area contributed by atoms with Gasteiger partial charge in [-0.25, -0.2) is 0 Å². The number of carbonyl (C=O) groups excluding carboxylic acids is 3. The van der Waals surface area contributed by atoms with Crippen molar-refractivity contribution < 1.29 is 34.8 Å². The summed E-state index contributed by atoms with van der Waals surface area (Å²) in [5.41, 5.74) is 9.56. The van der Waals surface area contributed by atoms with E-state index in [4.69, 9.17) is 11.5 Å². The third-order valence-electron chi connectivity index (χ3n) is 6.97. The summed E-state index contributed by atoms with van der Waals surface area (Å²) in [5, 5.41) is 43.7. The zero-order valence-corrected chi connectivity index (χ0v) is 17.6.